The molecule has 0 fully saturated rings. The molecule has 2 heteroatoms. The lowest BCUT2D eigenvalue weighted by molar-refractivity contribution is 0.668. The summed E-state index contributed by atoms with van der Waals surface area (Å²) in [5, 5.41) is 0. The zero-order valence-corrected chi connectivity index (χ0v) is 4.81. The van der Waals surface area contributed by atoms with Crippen molar-refractivity contribution in [1.82, 2.24) is 5.43 Å². The first-order valence-corrected chi connectivity index (χ1v) is 2.40. The Balaban J connectivity index is 3.16. The van der Waals surface area contributed by atoms with Gasteiger partial charge in [-0.2, -0.15) is 0 Å². The molecular formula is C5H12N2. The molecule has 0 radical (unpaired) electrons. The maximum Gasteiger partial charge on any atom is 0.0362 e. The predicted octanol–water partition coefficient (Wildman–Crippen LogP) is 0.414. The maximum atomic E-state index is 5.06. The van der Waals surface area contributed by atoms with Crippen molar-refractivity contribution >= 4 is 0 Å². The van der Waals surface area contributed by atoms with Gasteiger partial charge in [-0.1, -0.05) is 12.2 Å². The van der Waals surface area contributed by atoms with Crippen LogP contribution in [0.3, 0.4) is 0 Å². The predicted molar refractivity (Wildman–Crippen MR) is 31.6 cm³/mol. The van der Waals surface area contributed by atoms with E-state index in [9.17, 15) is 0 Å². The Morgan fingerprint density at radius 2 is 2.29 bits per heavy atom. The summed E-state index contributed by atoms with van der Waals surface area (Å²) in [7, 11) is 0. The van der Waals surface area contributed by atoms with Crippen molar-refractivity contribution < 1.29 is 0 Å². The number of nitrogens with one attached hydrogen (secondary N) is 1. The van der Waals surface area contributed by atoms with E-state index in [-0.39, 0.29) is 0 Å². The first kappa shape index (κ1) is 6.66. The minimum absolute atomic E-state index is 0.296. The van der Waals surface area contributed by atoms with Crippen molar-refractivity contribution in [3.05, 3.63) is 12.2 Å². The van der Waals surface area contributed by atoms with E-state index in [1.54, 1.807) is 0 Å². The van der Waals surface area contributed by atoms with E-state index in [4.69, 9.17) is 5.84 Å². The molecule has 0 aliphatic rings. The molecule has 0 saturated carbocycles. The van der Waals surface area contributed by atoms with Gasteiger partial charge in [0.1, 0.15) is 0 Å². The highest BCUT2D eigenvalue weighted by molar-refractivity contribution is 4.86. The molecule has 1 unspecified atom stereocenters. The second-order valence-electron chi connectivity index (χ2n) is 1.48. The largest absolute Gasteiger partial charge is 0.271 e. The van der Waals surface area contributed by atoms with Crippen LogP contribution in [-0.4, -0.2) is 6.04 Å². The third-order valence-corrected chi connectivity index (χ3v) is 0.744. The zero-order valence-electron chi connectivity index (χ0n) is 4.81. The molecule has 0 aliphatic carbocycles. The average molecular weight is 100 g/mol. The molecule has 42 valence electrons. The van der Waals surface area contributed by atoms with Crippen molar-refractivity contribution in [2.45, 2.75) is 19.9 Å². The summed E-state index contributed by atoms with van der Waals surface area (Å²) in [4.78, 5) is 0. The minimum atomic E-state index is 0.296. The first-order valence-electron chi connectivity index (χ1n) is 2.40. The Morgan fingerprint density at radius 3 is 2.43 bits per heavy atom. The Hall–Kier alpha value is -0.340. The Bertz CT molecular complexity index is 59.1. The lowest BCUT2D eigenvalue weighted by Crippen LogP contribution is -2.30. The summed E-state index contributed by atoms with van der Waals surface area (Å²) in [6.45, 7) is 3.95. The van der Waals surface area contributed by atoms with Gasteiger partial charge >= 0.3 is 0 Å². The maximum absolute atomic E-state index is 5.06. The molecule has 0 spiro atoms. The number of hydrogen-bond acceptors (Lipinski definition) is 2. The van der Waals surface area contributed by atoms with Gasteiger partial charge in [0.2, 0.25) is 0 Å². The summed E-state index contributed by atoms with van der Waals surface area (Å²) in [6.07, 6.45) is 3.95. The number of allylic oxidation sites excluding steroid dienone is 1. The van der Waals surface area contributed by atoms with Crippen LogP contribution in [0.1, 0.15) is 13.8 Å². The Labute approximate surface area is 44.4 Å². The second kappa shape index (κ2) is 3.84. The average Bonchev–Trinajstić information content (AvgIpc) is 1.68. The van der Waals surface area contributed by atoms with Crippen LogP contribution in [0.4, 0.5) is 0 Å². The fraction of sp³-hybridized carbons (Fsp3) is 0.600. The summed E-state index contributed by atoms with van der Waals surface area (Å²) in [5.74, 6) is 5.06. The van der Waals surface area contributed by atoms with Gasteiger partial charge in [0.15, 0.2) is 0 Å². The van der Waals surface area contributed by atoms with Crippen LogP contribution in [0.25, 0.3) is 0 Å². The highest BCUT2D eigenvalue weighted by Crippen LogP contribution is 1.78. The number of hydrazine groups is 1. The topological polar surface area (TPSA) is 38.0 Å². The molecule has 2 nitrogen and oxygen atoms in total. The lowest BCUT2D eigenvalue weighted by Gasteiger charge is -1.99. The summed E-state index contributed by atoms with van der Waals surface area (Å²) in [6, 6.07) is 0.296. The fourth-order valence-electron chi connectivity index (χ4n) is 0.344. The highest BCUT2D eigenvalue weighted by atomic mass is 15.2. The van der Waals surface area contributed by atoms with E-state index in [0.29, 0.717) is 6.04 Å². The standard InChI is InChI=1S/C5H12N2/c1-3-4-5(2)7-6/h3-5,7H,6H2,1-2H3/b4-3+. The van der Waals surface area contributed by atoms with E-state index in [1.165, 1.54) is 0 Å². The molecule has 0 rings (SSSR count). The molecule has 0 saturated heterocycles. The van der Waals surface area contributed by atoms with Crippen LogP contribution in [0.15, 0.2) is 12.2 Å². The fourth-order valence-corrected chi connectivity index (χ4v) is 0.344. The monoisotopic (exact) mass is 100 g/mol. The van der Waals surface area contributed by atoms with Crippen LogP contribution in [0.2, 0.25) is 0 Å². The van der Waals surface area contributed by atoms with Gasteiger partial charge in [0.25, 0.3) is 0 Å². The smallest absolute Gasteiger partial charge is 0.0362 e. The molecule has 0 heterocycles. The first-order chi connectivity index (χ1) is 3.31. The van der Waals surface area contributed by atoms with Gasteiger partial charge < -0.3 is 0 Å². The normalized spacial score (nSPS) is 15.3. The van der Waals surface area contributed by atoms with Crippen molar-refractivity contribution in [3.63, 3.8) is 0 Å². The molecule has 1 atom stereocenters. The quantitative estimate of drug-likeness (QED) is 0.300. The zero-order chi connectivity index (χ0) is 5.70. The van der Waals surface area contributed by atoms with Gasteiger partial charge in [0.05, 0.1) is 0 Å². The van der Waals surface area contributed by atoms with Gasteiger partial charge in [-0.05, 0) is 13.8 Å². The highest BCUT2D eigenvalue weighted by Gasteiger charge is 1.84. The molecule has 0 aromatic carbocycles. The number of rotatable bonds is 2. The van der Waals surface area contributed by atoms with Crippen molar-refractivity contribution in [2.75, 3.05) is 0 Å². The molecule has 0 aliphatic heterocycles. The summed E-state index contributed by atoms with van der Waals surface area (Å²) < 4.78 is 0. The van der Waals surface area contributed by atoms with Crippen LogP contribution < -0.4 is 11.3 Å². The van der Waals surface area contributed by atoms with Gasteiger partial charge in [-0.15, -0.1) is 0 Å². The van der Waals surface area contributed by atoms with E-state index < -0.39 is 0 Å². The Morgan fingerprint density at radius 1 is 1.71 bits per heavy atom. The van der Waals surface area contributed by atoms with E-state index in [0.717, 1.165) is 0 Å². The third kappa shape index (κ3) is 3.49. The summed E-state index contributed by atoms with van der Waals surface area (Å²) in [5.41, 5.74) is 2.58. The van der Waals surface area contributed by atoms with Crippen LogP contribution >= 0.6 is 0 Å². The van der Waals surface area contributed by atoms with E-state index >= 15 is 0 Å². The third-order valence-electron chi connectivity index (χ3n) is 0.744. The van der Waals surface area contributed by atoms with Gasteiger partial charge in [-0.3, -0.25) is 11.3 Å². The van der Waals surface area contributed by atoms with Crippen molar-refractivity contribution in [2.24, 2.45) is 5.84 Å². The molecule has 0 amide bonds. The minimum Gasteiger partial charge on any atom is -0.271 e. The second-order valence-corrected chi connectivity index (χ2v) is 1.48. The van der Waals surface area contributed by atoms with Crippen molar-refractivity contribution in [1.29, 1.82) is 0 Å². The Kier molecular flexibility index (Phi) is 3.65. The molecule has 7 heavy (non-hydrogen) atoms. The van der Waals surface area contributed by atoms with E-state index in [2.05, 4.69) is 5.43 Å². The molecular weight excluding hydrogens is 88.1 g/mol. The number of hydrogen-bond donors (Lipinski definition) is 2. The van der Waals surface area contributed by atoms with Crippen LogP contribution in [-0.2, 0) is 0 Å². The number of nitrogens with two attached hydrogens (primary N) is 1. The van der Waals surface area contributed by atoms with Gasteiger partial charge in [-0.25, -0.2) is 0 Å². The molecule has 3 N–H and O–H groups in total. The summed E-state index contributed by atoms with van der Waals surface area (Å²) >= 11 is 0. The van der Waals surface area contributed by atoms with E-state index in [1.807, 2.05) is 26.0 Å². The van der Waals surface area contributed by atoms with Crippen LogP contribution in [0.5, 0.6) is 0 Å². The molecule has 0 aromatic heterocycles. The van der Waals surface area contributed by atoms with Crippen molar-refractivity contribution in [3.8, 4) is 0 Å². The molecule has 0 bridgehead atoms. The van der Waals surface area contributed by atoms with Crippen LogP contribution in [0, 0.1) is 0 Å². The lowest BCUT2D eigenvalue weighted by atomic mass is 10.3. The SMILES string of the molecule is C/C=C/C(C)NN. The molecule has 0 aromatic rings. The van der Waals surface area contributed by atoms with Gasteiger partial charge in [0, 0.05) is 6.04 Å².